The first-order valence-corrected chi connectivity index (χ1v) is 13.6. The summed E-state index contributed by atoms with van der Waals surface area (Å²) in [7, 11) is -3.47. The number of carbonyl (C=O) groups is 1. The normalized spacial score (nSPS) is 17.8. The van der Waals surface area contributed by atoms with E-state index >= 15 is 0 Å². The van der Waals surface area contributed by atoms with Crippen LogP contribution in [-0.4, -0.2) is 64.3 Å². The molecule has 0 aromatic carbocycles. The minimum Gasteiger partial charge on any atom is -0.388 e. The van der Waals surface area contributed by atoms with Crippen molar-refractivity contribution in [3.63, 3.8) is 0 Å². The lowest BCUT2D eigenvalue weighted by molar-refractivity contribution is 0.0838. The van der Waals surface area contributed by atoms with Crippen molar-refractivity contribution in [1.82, 2.24) is 25.3 Å². The van der Waals surface area contributed by atoms with E-state index in [0.29, 0.717) is 29.9 Å². The maximum atomic E-state index is 12.6. The van der Waals surface area contributed by atoms with E-state index in [4.69, 9.17) is 9.97 Å². The number of fused-ring (bicyclic) bond motifs is 1. The van der Waals surface area contributed by atoms with E-state index in [9.17, 15) is 18.3 Å². The third kappa shape index (κ3) is 5.57. The minimum absolute atomic E-state index is 0.0199. The molecule has 4 aromatic heterocycles. The molecule has 5 heterocycles. The highest BCUT2D eigenvalue weighted by Gasteiger charge is 2.32. The quantitative estimate of drug-likeness (QED) is 0.394. The number of hydrogen-bond acceptors (Lipinski definition) is 9. The van der Waals surface area contributed by atoms with Crippen LogP contribution in [0.4, 0.5) is 5.82 Å². The SMILES string of the molecule is CC1(O)CCN(c2cccc(-c3ccc4cnc(CNC(=O)c5cncc(S(C)(=O)=O)c5)cc4n3)n2)C1. The minimum atomic E-state index is -3.47. The molecule has 0 spiro atoms. The van der Waals surface area contributed by atoms with E-state index in [1.165, 1.54) is 18.5 Å². The maximum Gasteiger partial charge on any atom is 0.253 e. The van der Waals surface area contributed by atoms with Crippen LogP contribution in [0.1, 0.15) is 29.4 Å². The molecule has 1 unspecified atom stereocenters. The zero-order chi connectivity index (χ0) is 26.2. The molecule has 4 aromatic rings. The van der Waals surface area contributed by atoms with Crippen LogP contribution in [0, 0.1) is 0 Å². The summed E-state index contributed by atoms with van der Waals surface area (Å²) < 4.78 is 23.5. The fourth-order valence-corrected chi connectivity index (χ4v) is 4.79. The Morgan fingerprint density at radius 1 is 1.11 bits per heavy atom. The van der Waals surface area contributed by atoms with Gasteiger partial charge in [0.05, 0.1) is 45.2 Å². The average molecular weight is 519 g/mol. The molecular formula is C26H26N6O4S. The fourth-order valence-electron chi connectivity index (χ4n) is 4.20. The first kappa shape index (κ1) is 24.7. The number of carbonyl (C=O) groups excluding carboxylic acids is 1. The standard InChI is InChI=1S/C26H26N6O4S/c1-26(34)8-9-32(16-26)24-5-3-4-21(31-24)22-7-6-17-13-28-19(11-23(17)30-22)14-29-25(33)18-10-20(15-27-12-18)37(2,35)36/h3-7,10-13,15,34H,8-9,14,16H2,1-2H3,(H,29,33). The highest BCUT2D eigenvalue weighted by atomic mass is 32.2. The monoisotopic (exact) mass is 518 g/mol. The van der Waals surface area contributed by atoms with Crippen LogP contribution < -0.4 is 10.2 Å². The smallest absolute Gasteiger partial charge is 0.253 e. The highest BCUT2D eigenvalue weighted by molar-refractivity contribution is 7.90. The third-order valence-corrected chi connectivity index (χ3v) is 7.32. The molecule has 10 nitrogen and oxygen atoms in total. The molecule has 0 saturated carbocycles. The molecule has 1 saturated heterocycles. The summed E-state index contributed by atoms with van der Waals surface area (Å²) in [5.41, 5.74) is 2.15. The number of nitrogens with one attached hydrogen (secondary N) is 1. The van der Waals surface area contributed by atoms with Crippen LogP contribution in [0.3, 0.4) is 0 Å². The Bertz CT molecular complexity index is 1610. The van der Waals surface area contributed by atoms with E-state index in [-0.39, 0.29) is 17.0 Å². The van der Waals surface area contributed by atoms with Crippen LogP contribution in [-0.2, 0) is 16.4 Å². The average Bonchev–Trinajstić information content (AvgIpc) is 3.26. The van der Waals surface area contributed by atoms with E-state index in [2.05, 4.69) is 20.2 Å². The molecule has 2 N–H and O–H groups in total. The lowest BCUT2D eigenvalue weighted by atomic mass is 10.1. The highest BCUT2D eigenvalue weighted by Crippen LogP contribution is 2.27. The van der Waals surface area contributed by atoms with E-state index < -0.39 is 21.3 Å². The van der Waals surface area contributed by atoms with Crippen molar-refractivity contribution in [3.05, 3.63) is 72.3 Å². The van der Waals surface area contributed by atoms with Gasteiger partial charge in [0.1, 0.15) is 5.82 Å². The number of β-amino-alcohol motifs (C(OH)–C–C–N with tert-alkyl or cyclic N) is 1. The van der Waals surface area contributed by atoms with Crippen molar-refractivity contribution in [2.24, 2.45) is 0 Å². The van der Waals surface area contributed by atoms with Crippen molar-refractivity contribution < 1.29 is 18.3 Å². The number of hydrogen-bond donors (Lipinski definition) is 2. The molecule has 11 heteroatoms. The Hall–Kier alpha value is -3.96. The van der Waals surface area contributed by atoms with Gasteiger partial charge in [0.2, 0.25) is 0 Å². The van der Waals surface area contributed by atoms with Crippen molar-refractivity contribution in [2.75, 3.05) is 24.2 Å². The summed E-state index contributed by atoms with van der Waals surface area (Å²) >= 11 is 0. The lowest BCUT2D eigenvalue weighted by Crippen LogP contribution is -2.30. The molecule has 1 amide bonds. The van der Waals surface area contributed by atoms with Gasteiger partial charge in [0.15, 0.2) is 9.84 Å². The van der Waals surface area contributed by atoms with Gasteiger partial charge < -0.3 is 15.3 Å². The topological polar surface area (TPSA) is 138 Å². The Balaban J connectivity index is 1.34. The van der Waals surface area contributed by atoms with Gasteiger partial charge >= 0.3 is 0 Å². The van der Waals surface area contributed by atoms with Gasteiger partial charge in [-0.05, 0) is 49.7 Å². The van der Waals surface area contributed by atoms with E-state index in [0.717, 1.165) is 29.7 Å². The summed E-state index contributed by atoms with van der Waals surface area (Å²) in [6.07, 6.45) is 5.97. The largest absolute Gasteiger partial charge is 0.388 e. The number of aliphatic hydroxyl groups is 1. The van der Waals surface area contributed by atoms with Crippen LogP contribution >= 0.6 is 0 Å². The van der Waals surface area contributed by atoms with Crippen molar-refractivity contribution in [1.29, 1.82) is 0 Å². The Morgan fingerprint density at radius 3 is 2.68 bits per heavy atom. The Morgan fingerprint density at radius 2 is 1.92 bits per heavy atom. The van der Waals surface area contributed by atoms with Crippen molar-refractivity contribution >= 4 is 32.5 Å². The van der Waals surface area contributed by atoms with Gasteiger partial charge in [-0.15, -0.1) is 0 Å². The number of nitrogens with zero attached hydrogens (tertiary/aromatic N) is 5. The van der Waals surface area contributed by atoms with Gasteiger partial charge in [-0.1, -0.05) is 6.07 Å². The van der Waals surface area contributed by atoms with Gasteiger partial charge in [0.25, 0.3) is 5.91 Å². The van der Waals surface area contributed by atoms with Crippen molar-refractivity contribution in [3.8, 4) is 11.4 Å². The lowest BCUT2D eigenvalue weighted by Gasteiger charge is -2.20. The predicted molar refractivity (Wildman–Crippen MR) is 139 cm³/mol. The fraction of sp³-hybridized carbons (Fsp3) is 0.269. The van der Waals surface area contributed by atoms with Crippen LogP contribution in [0.5, 0.6) is 0 Å². The molecule has 1 fully saturated rings. The summed E-state index contributed by atoms with van der Waals surface area (Å²) in [6.45, 7) is 3.24. The summed E-state index contributed by atoms with van der Waals surface area (Å²) in [5.74, 6) is 0.341. The zero-order valence-corrected chi connectivity index (χ0v) is 21.2. The van der Waals surface area contributed by atoms with E-state index in [1.807, 2.05) is 37.3 Å². The number of aromatic nitrogens is 4. The molecule has 5 rings (SSSR count). The number of anilines is 1. The van der Waals surface area contributed by atoms with Crippen molar-refractivity contribution in [2.45, 2.75) is 30.4 Å². The molecule has 0 aliphatic carbocycles. The summed E-state index contributed by atoms with van der Waals surface area (Å²) in [5, 5.41) is 13.9. The number of sulfone groups is 1. The van der Waals surface area contributed by atoms with Gasteiger partial charge in [0, 0.05) is 43.3 Å². The Kier molecular flexibility index (Phi) is 6.34. The molecule has 37 heavy (non-hydrogen) atoms. The van der Waals surface area contributed by atoms with Crippen LogP contribution in [0.2, 0.25) is 0 Å². The Labute approximate surface area is 214 Å². The first-order valence-electron chi connectivity index (χ1n) is 11.7. The van der Waals surface area contributed by atoms with Crippen LogP contribution in [0.25, 0.3) is 22.3 Å². The van der Waals surface area contributed by atoms with Gasteiger partial charge in [-0.3, -0.25) is 14.8 Å². The maximum absolute atomic E-state index is 12.6. The molecule has 1 atom stereocenters. The first-order chi connectivity index (χ1) is 17.6. The second-order valence-electron chi connectivity index (χ2n) is 9.48. The molecule has 1 aliphatic heterocycles. The van der Waals surface area contributed by atoms with E-state index in [1.54, 1.807) is 12.3 Å². The zero-order valence-electron chi connectivity index (χ0n) is 20.4. The number of pyridine rings is 4. The van der Waals surface area contributed by atoms with Gasteiger partial charge in [-0.2, -0.15) is 0 Å². The molecule has 0 radical (unpaired) electrons. The summed E-state index contributed by atoms with van der Waals surface area (Å²) in [4.78, 5) is 32.4. The van der Waals surface area contributed by atoms with Gasteiger partial charge in [-0.25, -0.2) is 18.4 Å². The van der Waals surface area contributed by atoms with Crippen LogP contribution in [0.15, 0.2) is 66.0 Å². The third-order valence-electron chi connectivity index (χ3n) is 6.24. The summed E-state index contributed by atoms with van der Waals surface area (Å²) in [6, 6.07) is 12.7. The molecule has 1 aliphatic rings. The second kappa shape index (κ2) is 9.49. The second-order valence-corrected chi connectivity index (χ2v) is 11.5. The molecule has 190 valence electrons. The molecular weight excluding hydrogens is 492 g/mol. The molecule has 0 bridgehead atoms. The number of amides is 1. The predicted octanol–water partition coefficient (Wildman–Crippen LogP) is 2.38. The number of rotatable bonds is 6.